The van der Waals surface area contributed by atoms with E-state index < -0.39 is 0 Å². The summed E-state index contributed by atoms with van der Waals surface area (Å²) in [6, 6.07) is 6.98. The van der Waals surface area contributed by atoms with Crippen molar-refractivity contribution in [3.63, 3.8) is 0 Å². The van der Waals surface area contributed by atoms with Crippen molar-refractivity contribution in [3.05, 3.63) is 35.4 Å². The molecule has 0 atom stereocenters. The van der Waals surface area contributed by atoms with Crippen molar-refractivity contribution in [2.75, 3.05) is 6.61 Å². The summed E-state index contributed by atoms with van der Waals surface area (Å²) in [5, 5.41) is 0. The lowest BCUT2D eigenvalue weighted by Crippen LogP contribution is -2.01. The maximum Gasteiger partial charge on any atom is 0.317 e. The summed E-state index contributed by atoms with van der Waals surface area (Å²) in [6.07, 6.45) is 0.787. The lowest BCUT2D eigenvalue weighted by atomic mass is 10.1. The van der Waals surface area contributed by atoms with E-state index in [0.29, 0.717) is 17.7 Å². The van der Waals surface area contributed by atoms with Gasteiger partial charge in [-0.1, -0.05) is 30.0 Å². The van der Waals surface area contributed by atoms with Gasteiger partial charge in [0.25, 0.3) is 0 Å². The van der Waals surface area contributed by atoms with Crippen molar-refractivity contribution in [3.8, 4) is 11.8 Å². The molecule has 0 heterocycles. The van der Waals surface area contributed by atoms with Crippen LogP contribution in [0, 0.1) is 11.8 Å². The zero-order chi connectivity index (χ0) is 11.8. The van der Waals surface area contributed by atoms with Crippen molar-refractivity contribution < 1.29 is 14.3 Å². The Labute approximate surface area is 94.4 Å². The zero-order valence-corrected chi connectivity index (χ0v) is 9.03. The fourth-order valence-electron chi connectivity index (χ4n) is 1.14. The number of hydrogen-bond acceptors (Lipinski definition) is 3. The predicted molar refractivity (Wildman–Crippen MR) is 60.0 cm³/mol. The highest BCUT2D eigenvalue weighted by atomic mass is 16.5. The standard InChI is InChI=1S/C13H12O3/c1-2-16-13(15)9-5-8-11-6-3-4-7-12(11)10-14/h3-4,6-7,10H,2,9H2,1H3. The first-order valence-corrected chi connectivity index (χ1v) is 4.96. The minimum Gasteiger partial charge on any atom is -0.465 e. The molecule has 16 heavy (non-hydrogen) atoms. The molecule has 0 bridgehead atoms. The maximum atomic E-state index is 11.0. The summed E-state index contributed by atoms with van der Waals surface area (Å²) in [4.78, 5) is 21.7. The van der Waals surface area contributed by atoms with E-state index in [4.69, 9.17) is 4.74 Å². The molecule has 0 aromatic heterocycles. The van der Waals surface area contributed by atoms with Crippen LogP contribution in [0.25, 0.3) is 0 Å². The van der Waals surface area contributed by atoms with Gasteiger partial charge in [-0.2, -0.15) is 0 Å². The van der Waals surface area contributed by atoms with Crippen LogP contribution in [0.1, 0.15) is 29.3 Å². The number of aldehydes is 1. The molecule has 0 fully saturated rings. The van der Waals surface area contributed by atoms with Gasteiger partial charge in [0.2, 0.25) is 0 Å². The molecule has 0 saturated heterocycles. The first-order chi connectivity index (χ1) is 7.77. The molecule has 82 valence electrons. The molecular weight excluding hydrogens is 204 g/mol. The molecule has 0 N–H and O–H groups in total. The Morgan fingerprint density at radius 2 is 2.19 bits per heavy atom. The van der Waals surface area contributed by atoms with Gasteiger partial charge in [-0.25, -0.2) is 0 Å². The fraction of sp³-hybridized carbons (Fsp3) is 0.231. The van der Waals surface area contributed by atoms with Gasteiger partial charge in [0.1, 0.15) is 6.42 Å². The third-order valence-corrected chi connectivity index (χ3v) is 1.85. The molecule has 0 aliphatic carbocycles. The molecule has 0 aliphatic rings. The maximum absolute atomic E-state index is 11.0. The Kier molecular flexibility index (Phi) is 4.81. The zero-order valence-electron chi connectivity index (χ0n) is 9.03. The monoisotopic (exact) mass is 216 g/mol. The molecular formula is C13H12O3. The third kappa shape index (κ3) is 3.58. The third-order valence-electron chi connectivity index (χ3n) is 1.85. The van der Waals surface area contributed by atoms with Crippen LogP contribution in [-0.4, -0.2) is 18.9 Å². The van der Waals surface area contributed by atoms with E-state index in [9.17, 15) is 9.59 Å². The molecule has 1 aromatic rings. The summed E-state index contributed by atoms with van der Waals surface area (Å²) < 4.78 is 4.73. The van der Waals surface area contributed by atoms with Crippen LogP contribution in [0.3, 0.4) is 0 Å². The largest absolute Gasteiger partial charge is 0.465 e. The fourth-order valence-corrected chi connectivity index (χ4v) is 1.14. The normalized spacial score (nSPS) is 8.81. The van der Waals surface area contributed by atoms with Crippen LogP contribution in [-0.2, 0) is 9.53 Å². The Balaban J connectivity index is 2.69. The number of benzene rings is 1. The molecule has 0 saturated carbocycles. The van der Waals surface area contributed by atoms with E-state index in [1.165, 1.54) is 0 Å². The van der Waals surface area contributed by atoms with Gasteiger partial charge in [-0.3, -0.25) is 9.59 Å². The van der Waals surface area contributed by atoms with Crippen LogP contribution in [0.15, 0.2) is 24.3 Å². The minimum atomic E-state index is -0.349. The molecule has 0 aliphatic heterocycles. The molecule has 1 aromatic carbocycles. The molecule has 0 spiro atoms. The van der Waals surface area contributed by atoms with E-state index >= 15 is 0 Å². The van der Waals surface area contributed by atoms with E-state index in [0.717, 1.165) is 6.29 Å². The number of carbonyl (C=O) groups is 2. The smallest absolute Gasteiger partial charge is 0.317 e. The number of hydrogen-bond donors (Lipinski definition) is 0. The van der Waals surface area contributed by atoms with Crippen molar-refractivity contribution in [1.29, 1.82) is 0 Å². The SMILES string of the molecule is CCOC(=O)CC#Cc1ccccc1C=O. The summed E-state index contributed by atoms with van der Waals surface area (Å²) in [6.45, 7) is 2.10. The van der Waals surface area contributed by atoms with Gasteiger partial charge < -0.3 is 4.74 Å². The average Bonchev–Trinajstić information content (AvgIpc) is 2.30. The van der Waals surface area contributed by atoms with E-state index in [1.54, 1.807) is 31.2 Å². The van der Waals surface area contributed by atoms with Gasteiger partial charge in [-0.05, 0) is 13.0 Å². The van der Waals surface area contributed by atoms with Gasteiger partial charge in [0, 0.05) is 11.1 Å². The topological polar surface area (TPSA) is 43.4 Å². The van der Waals surface area contributed by atoms with Crippen LogP contribution in [0.2, 0.25) is 0 Å². The van der Waals surface area contributed by atoms with Crippen molar-refractivity contribution in [2.24, 2.45) is 0 Å². The van der Waals surface area contributed by atoms with Crippen LogP contribution in [0.4, 0.5) is 0 Å². The van der Waals surface area contributed by atoms with Gasteiger partial charge in [0.05, 0.1) is 6.61 Å². The Hall–Kier alpha value is -2.08. The molecule has 3 nitrogen and oxygen atoms in total. The number of rotatable bonds is 3. The van der Waals surface area contributed by atoms with E-state index in [-0.39, 0.29) is 12.4 Å². The highest BCUT2D eigenvalue weighted by Crippen LogP contribution is 2.03. The molecule has 1 rings (SSSR count). The van der Waals surface area contributed by atoms with Crippen molar-refractivity contribution in [1.82, 2.24) is 0 Å². The Morgan fingerprint density at radius 3 is 2.88 bits per heavy atom. The Morgan fingerprint density at radius 1 is 1.44 bits per heavy atom. The second kappa shape index (κ2) is 6.41. The molecule has 0 amide bonds. The number of carbonyl (C=O) groups excluding carboxylic acids is 2. The predicted octanol–water partition coefficient (Wildman–Crippen LogP) is 1.80. The quantitative estimate of drug-likeness (QED) is 0.439. The van der Waals surface area contributed by atoms with Crippen molar-refractivity contribution >= 4 is 12.3 Å². The highest BCUT2D eigenvalue weighted by molar-refractivity contribution is 5.79. The van der Waals surface area contributed by atoms with Crippen LogP contribution < -0.4 is 0 Å². The summed E-state index contributed by atoms with van der Waals surface area (Å²) in [7, 11) is 0. The summed E-state index contributed by atoms with van der Waals surface area (Å²) in [5.74, 6) is 5.10. The lowest BCUT2D eigenvalue weighted by molar-refractivity contribution is -0.141. The van der Waals surface area contributed by atoms with Crippen molar-refractivity contribution in [2.45, 2.75) is 13.3 Å². The second-order valence-corrected chi connectivity index (χ2v) is 2.99. The number of ether oxygens (including phenoxy) is 1. The van der Waals surface area contributed by atoms with E-state index in [2.05, 4.69) is 11.8 Å². The summed E-state index contributed by atoms with van der Waals surface area (Å²) >= 11 is 0. The first-order valence-electron chi connectivity index (χ1n) is 4.96. The average molecular weight is 216 g/mol. The lowest BCUT2D eigenvalue weighted by Gasteiger charge is -1.96. The Bertz CT molecular complexity index is 438. The summed E-state index contributed by atoms with van der Waals surface area (Å²) in [5.41, 5.74) is 1.15. The highest BCUT2D eigenvalue weighted by Gasteiger charge is 1.98. The van der Waals surface area contributed by atoms with Crippen LogP contribution in [0.5, 0.6) is 0 Å². The van der Waals surface area contributed by atoms with Gasteiger partial charge in [-0.15, -0.1) is 0 Å². The molecule has 0 radical (unpaired) electrons. The number of esters is 1. The van der Waals surface area contributed by atoms with Gasteiger partial charge >= 0.3 is 5.97 Å². The molecule has 0 unspecified atom stereocenters. The van der Waals surface area contributed by atoms with Gasteiger partial charge in [0.15, 0.2) is 6.29 Å². The van der Waals surface area contributed by atoms with Crippen LogP contribution >= 0.6 is 0 Å². The first kappa shape index (κ1) is 12.0. The molecule has 3 heteroatoms. The van der Waals surface area contributed by atoms with E-state index in [1.807, 2.05) is 0 Å². The second-order valence-electron chi connectivity index (χ2n) is 2.99. The minimum absolute atomic E-state index is 0.0427.